The Hall–Kier alpha value is -1.45. The third kappa shape index (κ3) is 4.01. The summed E-state index contributed by atoms with van der Waals surface area (Å²) in [6, 6.07) is -0.155. The molecule has 0 fully saturated rings. The summed E-state index contributed by atoms with van der Waals surface area (Å²) >= 11 is 0.966. The van der Waals surface area contributed by atoms with Crippen LogP contribution in [0.2, 0.25) is 0 Å². The van der Waals surface area contributed by atoms with Crippen LogP contribution in [0.3, 0.4) is 0 Å². The molecule has 106 valence electrons. The molecule has 0 spiro atoms. The Kier molecular flexibility index (Phi) is 5.04. The van der Waals surface area contributed by atoms with Gasteiger partial charge in [0.15, 0.2) is 0 Å². The molecule has 1 amide bonds. The number of carboxylic acid groups (broad SMARTS) is 1. The van der Waals surface area contributed by atoms with E-state index in [1.807, 2.05) is 4.72 Å². The number of sulfonamides is 1. The summed E-state index contributed by atoms with van der Waals surface area (Å²) in [5.41, 5.74) is 0. The molecule has 0 saturated heterocycles. The number of hydrogen-bond acceptors (Lipinski definition) is 6. The molecule has 1 rings (SSSR count). The van der Waals surface area contributed by atoms with Crippen molar-refractivity contribution < 1.29 is 23.1 Å². The quantitative estimate of drug-likeness (QED) is 0.693. The van der Waals surface area contributed by atoms with E-state index >= 15 is 0 Å². The number of aliphatic carboxylic acids is 1. The highest BCUT2D eigenvalue weighted by Crippen LogP contribution is 2.19. The summed E-state index contributed by atoms with van der Waals surface area (Å²) in [6.45, 7) is 3.33. The maximum Gasteiger partial charge on any atom is 0.261 e. The van der Waals surface area contributed by atoms with Gasteiger partial charge in [0.2, 0.25) is 10.0 Å². The number of amides is 1. The summed E-state index contributed by atoms with van der Waals surface area (Å²) in [4.78, 5) is 22.1. The van der Waals surface area contributed by atoms with E-state index in [2.05, 4.69) is 5.32 Å². The molecular formula is C10H13N2O5S2-. The number of carboxylic acids is 1. The predicted octanol–water partition coefficient (Wildman–Crippen LogP) is -1.09. The fraction of sp³-hybridized carbons (Fsp3) is 0.400. The number of nitrogens with one attached hydrogen (secondary N) is 2. The van der Waals surface area contributed by atoms with Crippen molar-refractivity contribution in [3.8, 4) is 0 Å². The van der Waals surface area contributed by atoms with Gasteiger partial charge in [-0.05, 0) is 19.9 Å². The van der Waals surface area contributed by atoms with Gasteiger partial charge >= 0.3 is 0 Å². The third-order valence-electron chi connectivity index (χ3n) is 2.13. The Morgan fingerprint density at radius 3 is 2.63 bits per heavy atom. The Balaban J connectivity index is 2.91. The first kappa shape index (κ1) is 15.6. The molecule has 0 radical (unpaired) electrons. The fourth-order valence-corrected chi connectivity index (χ4v) is 3.56. The summed E-state index contributed by atoms with van der Waals surface area (Å²) in [6.07, 6.45) is 0. The lowest BCUT2D eigenvalue weighted by Gasteiger charge is -2.13. The van der Waals surface area contributed by atoms with Gasteiger partial charge < -0.3 is 15.2 Å². The standard InChI is InChI=1S/C10H14N2O5S2/c1-3-11-9(13)8-4-7(5-18-8)19(16,17)12-6(2)10(14)15/h4-6,12H,3H2,1-2H3,(H,11,13)(H,14,15)/p-1/t6-/m1/s1. The molecule has 0 aliphatic carbocycles. The van der Waals surface area contributed by atoms with Gasteiger partial charge in [-0.2, -0.15) is 0 Å². The SMILES string of the molecule is CCNC(=O)c1cc(S(=O)(=O)N[C@H](C)C(=O)[O-])cs1. The van der Waals surface area contributed by atoms with Gasteiger partial charge in [0.1, 0.15) is 0 Å². The highest BCUT2D eigenvalue weighted by molar-refractivity contribution is 7.89. The van der Waals surface area contributed by atoms with Crippen LogP contribution in [-0.2, 0) is 14.8 Å². The van der Waals surface area contributed by atoms with Crippen molar-refractivity contribution in [1.29, 1.82) is 0 Å². The minimum Gasteiger partial charge on any atom is -0.548 e. The molecule has 0 saturated carbocycles. The first-order valence-corrected chi connectivity index (χ1v) is 7.74. The monoisotopic (exact) mass is 305 g/mol. The van der Waals surface area contributed by atoms with E-state index in [0.717, 1.165) is 18.3 Å². The van der Waals surface area contributed by atoms with E-state index in [4.69, 9.17) is 0 Å². The molecule has 1 atom stereocenters. The van der Waals surface area contributed by atoms with Gasteiger partial charge in [-0.25, -0.2) is 13.1 Å². The maximum atomic E-state index is 11.8. The Morgan fingerprint density at radius 1 is 1.47 bits per heavy atom. The van der Waals surface area contributed by atoms with Crippen LogP contribution >= 0.6 is 11.3 Å². The summed E-state index contributed by atoms with van der Waals surface area (Å²) in [5.74, 6) is -1.90. The molecule has 1 aromatic heterocycles. The van der Waals surface area contributed by atoms with Crippen LogP contribution in [0.4, 0.5) is 0 Å². The van der Waals surface area contributed by atoms with Crippen LogP contribution in [0, 0.1) is 0 Å². The molecule has 0 aliphatic rings. The highest BCUT2D eigenvalue weighted by atomic mass is 32.2. The minimum absolute atomic E-state index is 0.146. The second-order valence-corrected chi connectivity index (χ2v) is 6.29. The second kappa shape index (κ2) is 6.13. The number of thiophene rings is 1. The van der Waals surface area contributed by atoms with Crippen LogP contribution in [0.5, 0.6) is 0 Å². The van der Waals surface area contributed by atoms with E-state index in [-0.39, 0.29) is 15.7 Å². The highest BCUT2D eigenvalue weighted by Gasteiger charge is 2.21. The van der Waals surface area contributed by atoms with Crippen molar-refractivity contribution in [1.82, 2.24) is 10.0 Å². The average Bonchev–Trinajstić information content (AvgIpc) is 2.78. The number of hydrogen-bond donors (Lipinski definition) is 2. The molecule has 19 heavy (non-hydrogen) atoms. The van der Waals surface area contributed by atoms with Gasteiger partial charge in [-0.15, -0.1) is 11.3 Å². The summed E-state index contributed by atoms with van der Waals surface area (Å²) in [7, 11) is -3.97. The van der Waals surface area contributed by atoms with E-state index in [1.165, 1.54) is 11.4 Å². The van der Waals surface area contributed by atoms with Crippen molar-refractivity contribution in [2.45, 2.75) is 24.8 Å². The molecule has 2 N–H and O–H groups in total. The summed E-state index contributed by atoms with van der Waals surface area (Å²) < 4.78 is 25.6. The van der Waals surface area contributed by atoms with Gasteiger partial charge in [-0.1, -0.05) is 0 Å². The molecule has 7 nitrogen and oxygen atoms in total. The van der Waals surface area contributed by atoms with Crippen molar-refractivity contribution in [3.63, 3.8) is 0 Å². The van der Waals surface area contributed by atoms with Gasteiger partial charge in [0.05, 0.1) is 21.8 Å². The lowest BCUT2D eigenvalue weighted by atomic mass is 10.4. The molecule has 0 unspecified atom stereocenters. The van der Waals surface area contributed by atoms with Crippen molar-refractivity contribution >= 4 is 33.2 Å². The van der Waals surface area contributed by atoms with E-state index < -0.39 is 22.0 Å². The maximum absolute atomic E-state index is 11.8. The fourth-order valence-electron chi connectivity index (χ4n) is 1.18. The van der Waals surface area contributed by atoms with Gasteiger partial charge in [-0.3, -0.25) is 4.79 Å². The Labute approximate surface area is 114 Å². The van der Waals surface area contributed by atoms with Crippen molar-refractivity contribution in [2.24, 2.45) is 0 Å². The first-order chi connectivity index (χ1) is 8.77. The van der Waals surface area contributed by atoms with Crippen molar-refractivity contribution in [3.05, 3.63) is 16.3 Å². The lowest BCUT2D eigenvalue weighted by Crippen LogP contribution is -2.45. The molecule has 0 aliphatic heterocycles. The smallest absolute Gasteiger partial charge is 0.261 e. The van der Waals surface area contributed by atoms with Crippen LogP contribution in [-0.4, -0.2) is 32.9 Å². The van der Waals surface area contributed by atoms with Crippen molar-refractivity contribution in [2.75, 3.05) is 6.54 Å². The minimum atomic E-state index is -3.97. The van der Waals surface area contributed by atoms with E-state index in [1.54, 1.807) is 6.92 Å². The van der Waals surface area contributed by atoms with Gasteiger partial charge in [0.25, 0.3) is 5.91 Å². The number of carbonyl (C=O) groups excluding carboxylic acids is 2. The number of carbonyl (C=O) groups is 2. The van der Waals surface area contributed by atoms with Crippen LogP contribution < -0.4 is 15.1 Å². The zero-order valence-electron chi connectivity index (χ0n) is 10.3. The zero-order valence-corrected chi connectivity index (χ0v) is 11.9. The van der Waals surface area contributed by atoms with Crippen LogP contribution in [0.15, 0.2) is 16.3 Å². The second-order valence-electron chi connectivity index (χ2n) is 3.67. The first-order valence-electron chi connectivity index (χ1n) is 5.38. The van der Waals surface area contributed by atoms with E-state index in [9.17, 15) is 23.1 Å². The molecule has 0 bridgehead atoms. The normalized spacial score (nSPS) is 12.9. The third-order valence-corrected chi connectivity index (χ3v) is 4.73. The molecule has 9 heteroatoms. The topological polar surface area (TPSA) is 115 Å². The molecule has 1 aromatic rings. The predicted molar refractivity (Wildman–Crippen MR) is 67.1 cm³/mol. The molecular weight excluding hydrogens is 292 g/mol. The van der Waals surface area contributed by atoms with Gasteiger partial charge in [0, 0.05) is 11.9 Å². The Bertz CT molecular complexity index is 578. The molecule has 1 heterocycles. The largest absolute Gasteiger partial charge is 0.548 e. The summed E-state index contributed by atoms with van der Waals surface area (Å²) in [5, 5.41) is 14.3. The zero-order chi connectivity index (χ0) is 14.6. The molecule has 0 aromatic carbocycles. The Morgan fingerprint density at radius 2 is 2.11 bits per heavy atom. The lowest BCUT2D eigenvalue weighted by molar-refractivity contribution is -0.307. The number of rotatable bonds is 6. The average molecular weight is 305 g/mol. The van der Waals surface area contributed by atoms with E-state index in [0.29, 0.717) is 6.54 Å². The van der Waals surface area contributed by atoms with Crippen LogP contribution in [0.25, 0.3) is 0 Å². The van der Waals surface area contributed by atoms with Crippen LogP contribution in [0.1, 0.15) is 23.5 Å².